The molecule has 0 atom stereocenters. The number of hydrogen-bond donors (Lipinski definition) is 1. The largest absolute Gasteiger partial charge is 0.493 e. The first-order valence-electron chi connectivity index (χ1n) is 13.7. The zero-order chi connectivity index (χ0) is 28.2. The third-order valence-corrected chi connectivity index (χ3v) is 7.65. The average molecular weight is 555 g/mol. The zero-order valence-corrected chi connectivity index (χ0v) is 23.5. The molecule has 0 unspecified atom stereocenters. The van der Waals surface area contributed by atoms with Crippen LogP contribution in [0.25, 0.3) is 17.2 Å². The average Bonchev–Trinajstić information content (AvgIpc) is 3.72. The van der Waals surface area contributed by atoms with Crippen LogP contribution < -0.4 is 19.7 Å². The van der Waals surface area contributed by atoms with E-state index in [2.05, 4.69) is 39.3 Å². The minimum absolute atomic E-state index is 0.494. The molecule has 1 N–H and O–H groups in total. The summed E-state index contributed by atoms with van der Waals surface area (Å²) in [5.74, 6) is 3.11. The van der Waals surface area contributed by atoms with Gasteiger partial charge < -0.3 is 24.1 Å². The van der Waals surface area contributed by atoms with Crippen molar-refractivity contribution in [3.8, 4) is 23.1 Å². The van der Waals surface area contributed by atoms with Gasteiger partial charge in [-0.05, 0) is 54.8 Å². The molecular formula is C30H34N8O3. The van der Waals surface area contributed by atoms with Crippen molar-refractivity contribution >= 4 is 17.3 Å². The standard InChI is InChI=1S/C30H34N8O3/c1-36(23-8-12-31-13-9-23)24-10-14-37(15-11-24)20-22-19-33-30(32-18-21-6-7-25(39-2)27(17-21)40-3)38-29(22)34-28(35-38)26-5-4-16-41-26/h4-9,12-13,16-17,19,24H,10-11,14-15,18,20H2,1-3H3,(H,32,33). The molecule has 0 saturated carbocycles. The van der Waals surface area contributed by atoms with Crippen LogP contribution in [0.4, 0.5) is 11.6 Å². The summed E-state index contributed by atoms with van der Waals surface area (Å²) in [6.07, 6.45) is 9.39. The summed E-state index contributed by atoms with van der Waals surface area (Å²) in [5, 5.41) is 8.18. The van der Waals surface area contributed by atoms with Crippen molar-refractivity contribution in [1.82, 2.24) is 29.5 Å². The molecule has 1 aliphatic rings. The Morgan fingerprint density at radius 1 is 1.05 bits per heavy atom. The third kappa shape index (κ3) is 5.66. The highest BCUT2D eigenvalue weighted by Gasteiger charge is 2.24. The molecule has 0 aliphatic carbocycles. The van der Waals surface area contributed by atoms with E-state index < -0.39 is 0 Å². The highest BCUT2D eigenvalue weighted by Crippen LogP contribution is 2.28. The molecule has 0 radical (unpaired) electrons. The maximum Gasteiger partial charge on any atom is 0.226 e. The molecule has 41 heavy (non-hydrogen) atoms. The Balaban J connectivity index is 1.20. The Morgan fingerprint density at radius 3 is 2.59 bits per heavy atom. The zero-order valence-electron chi connectivity index (χ0n) is 23.5. The first-order valence-corrected chi connectivity index (χ1v) is 13.7. The number of hydrogen-bond acceptors (Lipinski definition) is 10. The lowest BCUT2D eigenvalue weighted by Crippen LogP contribution is -2.43. The van der Waals surface area contributed by atoms with E-state index in [1.165, 1.54) is 5.69 Å². The van der Waals surface area contributed by atoms with Crippen molar-refractivity contribution in [2.75, 3.05) is 44.6 Å². The lowest BCUT2D eigenvalue weighted by atomic mass is 10.0. The maximum absolute atomic E-state index is 5.60. The van der Waals surface area contributed by atoms with Crippen LogP contribution in [0.3, 0.4) is 0 Å². The van der Waals surface area contributed by atoms with Gasteiger partial charge >= 0.3 is 0 Å². The number of anilines is 2. The molecule has 6 rings (SSSR count). The summed E-state index contributed by atoms with van der Waals surface area (Å²) in [7, 11) is 5.43. The van der Waals surface area contributed by atoms with E-state index in [0.29, 0.717) is 41.6 Å². The van der Waals surface area contributed by atoms with Gasteiger partial charge in [0.05, 0.1) is 20.5 Å². The summed E-state index contributed by atoms with van der Waals surface area (Å²) in [6, 6.07) is 14.2. The Labute approximate surface area is 238 Å². The normalized spacial score (nSPS) is 14.3. The van der Waals surface area contributed by atoms with E-state index in [1.807, 2.05) is 48.9 Å². The Hall–Kier alpha value is -4.64. The van der Waals surface area contributed by atoms with Crippen LogP contribution in [-0.4, -0.2) is 69.9 Å². The topological polar surface area (TPSA) is 106 Å². The fraction of sp³-hybridized carbons (Fsp3) is 0.333. The van der Waals surface area contributed by atoms with Crippen molar-refractivity contribution in [3.63, 3.8) is 0 Å². The molecule has 0 spiro atoms. The number of nitrogens with one attached hydrogen (secondary N) is 1. The number of nitrogens with zero attached hydrogens (tertiary/aromatic N) is 7. The molecule has 5 aromatic rings. The van der Waals surface area contributed by atoms with Gasteiger partial charge in [-0.15, -0.1) is 5.10 Å². The van der Waals surface area contributed by atoms with Gasteiger partial charge in [-0.1, -0.05) is 6.07 Å². The van der Waals surface area contributed by atoms with Crippen LogP contribution >= 0.6 is 0 Å². The summed E-state index contributed by atoms with van der Waals surface area (Å²) in [4.78, 5) is 18.6. The number of likely N-dealkylation sites (tertiary alicyclic amines) is 1. The van der Waals surface area contributed by atoms with E-state index in [-0.39, 0.29) is 0 Å². The second-order valence-corrected chi connectivity index (χ2v) is 10.1. The molecule has 11 nitrogen and oxygen atoms in total. The number of rotatable bonds is 10. The summed E-state index contributed by atoms with van der Waals surface area (Å²) in [5.41, 5.74) is 4.01. The number of fused-ring (bicyclic) bond motifs is 1. The van der Waals surface area contributed by atoms with Gasteiger partial charge in [0.2, 0.25) is 11.8 Å². The van der Waals surface area contributed by atoms with Crippen molar-refractivity contribution in [2.24, 2.45) is 0 Å². The van der Waals surface area contributed by atoms with Gasteiger partial charge in [-0.3, -0.25) is 9.88 Å². The second-order valence-electron chi connectivity index (χ2n) is 10.1. The van der Waals surface area contributed by atoms with Crippen molar-refractivity contribution in [2.45, 2.75) is 32.0 Å². The van der Waals surface area contributed by atoms with Gasteiger partial charge in [0.25, 0.3) is 0 Å². The minimum Gasteiger partial charge on any atom is -0.493 e. The molecule has 5 heterocycles. The maximum atomic E-state index is 5.60. The number of ether oxygens (including phenoxy) is 2. The predicted octanol–water partition coefficient (Wildman–Crippen LogP) is 4.51. The molecule has 11 heteroatoms. The second kappa shape index (κ2) is 11.8. The van der Waals surface area contributed by atoms with Gasteiger partial charge in [-0.25, -0.2) is 9.97 Å². The number of furan rings is 1. The van der Waals surface area contributed by atoms with E-state index >= 15 is 0 Å². The van der Waals surface area contributed by atoms with E-state index in [0.717, 1.165) is 49.2 Å². The Morgan fingerprint density at radius 2 is 1.85 bits per heavy atom. The lowest BCUT2D eigenvalue weighted by Gasteiger charge is -2.37. The Bertz CT molecular complexity index is 1580. The van der Waals surface area contributed by atoms with Gasteiger partial charge in [0, 0.05) is 69.1 Å². The monoisotopic (exact) mass is 554 g/mol. The molecule has 1 fully saturated rings. The third-order valence-electron chi connectivity index (χ3n) is 7.65. The van der Waals surface area contributed by atoms with Crippen LogP contribution in [0.15, 0.2) is 71.7 Å². The molecule has 1 aliphatic heterocycles. The van der Waals surface area contributed by atoms with Crippen LogP contribution in [0, 0.1) is 0 Å². The van der Waals surface area contributed by atoms with Crippen molar-refractivity contribution in [1.29, 1.82) is 0 Å². The number of pyridine rings is 1. The number of aromatic nitrogens is 5. The van der Waals surface area contributed by atoms with Crippen LogP contribution in [0.1, 0.15) is 24.0 Å². The molecule has 0 amide bonds. The highest BCUT2D eigenvalue weighted by molar-refractivity contribution is 5.58. The molecule has 1 saturated heterocycles. The van der Waals surface area contributed by atoms with Crippen LogP contribution in [-0.2, 0) is 13.1 Å². The molecule has 4 aromatic heterocycles. The van der Waals surface area contributed by atoms with Crippen LogP contribution in [0.2, 0.25) is 0 Å². The van der Waals surface area contributed by atoms with Crippen molar-refractivity contribution < 1.29 is 13.9 Å². The minimum atomic E-state index is 0.494. The van der Waals surface area contributed by atoms with Crippen molar-refractivity contribution in [3.05, 3.63) is 78.4 Å². The predicted molar refractivity (Wildman–Crippen MR) is 156 cm³/mol. The lowest BCUT2D eigenvalue weighted by molar-refractivity contribution is 0.203. The first-order chi connectivity index (χ1) is 20.1. The molecular weight excluding hydrogens is 520 g/mol. The summed E-state index contributed by atoms with van der Waals surface area (Å²) < 4.78 is 18.2. The van der Waals surface area contributed by atoms with Crippen LogP contribution in [0.5, 0.6) is 11.5 Å². The molecule has 212 valence electrons. The fourth-order valence-corrected chi connectivity index (χ4v) is 5.33. The summed E-state index contributed by atoms with van der Waals surface area (Å²) >= 11 is 0. The number of methoxy groups -OCH3 is 2. The number of benzene rings is 1. The fourth-order valence-electron chi connectivity index (χ4n) is 5.33. The highest BCUT2D eigenvalue weighted by atomic mass is 16.5. The quantitative estimate of drug-likeness (QED) is 0.265. The van der Waals surface area contributed by atoms with Gasteiger partial charge in [0.15, 0.2) is 22.9 Å². The van der Waals surface area contributed by atoms with Gasteiger partial charge in [-0.2, -0.15) is 4.52 Å². The Kier molecular flexibility index (Phi) is 7.68. The SMILES string of the molecule is COc1ccc(CNc2ncc(CN3CCC(N(C)c4ccncc4)CC3)c3nc(-c4ccco4)nn23)cc1OC. The molecule has 1 aromatic carbocycles. The van der Waals surface area contributed by atoms with E-state index in [1.54, 1.807) is 25.0 Å². The molecule has 0 bridgehead atoms. The first kappa shape index (κ1) is 26.6. The number of piperidine rings is 1. The smallest absolute Gasteiger partial charge is 0.226 e. The van der Waals surface area contributed by atoms with E-state index in [9.17, 15) is 0 Å². The summed E-state index contributed by atoms with van der Waals surface area (Å²) in [6.45, 7) is 3.25. The van der Waals surface area contributed by atoms with Gasteiger partial charge in [0.1, 0.15) is 0 Å². The van der Waals surface area contributed by atoms with E-state index in [4.69, 9.17) is 29.0 Å².